The Kier molecular flexibility index (Phi) is 5.41. The molecule has 0 aliphatic heterocycles. The Morgan fingerprint density at radius 1 is 1.12 bits per heavy atom. The zero-order valence-corrected chi connectivity index (χ0v) is 16.0. The van der Waals surface area contributed by atoms with Crippen molar-refractivity contribution in [1.82, 2.24) is 14.4 Å². The van der Waals surface area contributed by atoms with E-state index < -0.39 is 10.0 Å². The first kappa shape index (κ1) is 18.6. The minimum absolute atomic E-state index is 0.00827. The second kappa shape index (κ2) is 7.57. The van der Waals surface area contributed by atoms with E-state index in [-0.39, 0.29) is 18.2 Å². The zero-order chi connectivity index (χ0) is 18.7. The van der Waals surface area contributed by atoms with E-state index in [0.29, 0.717) is 16.4 Å². The fourth-order valence-corrected chi connectivity index (χ4v) is 3.92. The number of benzene rings is 2. The molecular weight excluding hydrogens is 374 g/mol. The van der Waals surface area contributed by atoms with Crippen LogP contribution in [-0.4, -0.2) is 29.9 Å². The van der Waals surface area contributed by atoms with Gasteiger partial charge in [0.2, 0.25) is 21.7 Å². The number of hydrogen-bond acceptors (Lipinski definition) is 5. The summed E-state index contributed by atoms with van der Waals surface area (Å²) >= 11 is 6.06. The molecule has 0 bridgehead atoms. The molecule has 0 N–H and O–H groups in total. The van der Waals surface area contributed by atoms with E-state index in [4.69, 9.17) is 16.1 Å². The Bertz CT molecular complexity index is 1020. The van der Waals surface area contributed by atoms with Crippen molar-refractivity contribution < 1.29 is 12.9 Å². The maximum atomic E-state index is 12.6. The molecule has 1 heterocycles. The number of hydrogen-bond donors (Lipinski definition) is 0. The Morgan fingerprint density at radius 2 is 1.81 bits per heavy atom. The van der Waals surface area contributed by atoms with Crippen molar-refractivity contribution in [2.45, 2.75) is 19.2 Å². The van der Waals surface area contributed by atoms with E-state index in [1.165, 1.54) is 11.4 Å². The summed E-state index contributed by atoms with van der Waals surface area (Å²) in [4.78, 5) is 4.31. The maximum absolute atomic E-state index is 12.6. The van der Waals surface area contributed by atoms with Gasteiger partial charge in [0.1, 0.15) is 0 Å². The number of rotatable bonds is 6. The average molecular weight is 392 g/mol. The van der Waals surface area contributed by atoms with Gasteiger partial charge in [-0.3, -0.25) is 0 Å². The van der Waals surface area contributed by atoms with E-state index in [9.17, 15) is 8.42 Å². The van der Waals surface area contributed by atoms with Crippen molar-refractivity contribution in [1.29, 1.82) is 0 Å². The first-order valence-corrected chi connectivity index (χ1v) is 9.91. The minimum Gasteiger partial charge on any atom is -0.338 e. The molecular formula is C18H18ClN3O3S. The van der Waals surface area contributed by atoms with Crippen LogP contribution in [-0.2, 0) is 22.3 Å². The Labute approximate surface area is 157 Å². The Hall–Kier alpha value is -2.22. The number of aryl methyl sites for hydroxylation is 1. The van der Waals surface area contributed by atoms with Crippen LogP contribution in [0.2, 0.25) is 5.02 Å². The molecule has 6 nitrogen and oxygen atoms in total. The van der Waals surface area contributed by atoms with Gasteiger partial charge in [0, 0.05) is 17.6 Å². The van der Waals surface area contributed by atoms with Crippen molar-refractivity contribution in [3.05, 3.63) is 70.6 Å². The van der Waals surface area contributed by atoms with Crippen molar-refractivity contribution in [2.24, 2.45) is 0 Å². The van der Waals surface area contributed by atoms with Crippen molar-refractivity contribution >= 4 is 21.6 Å². The molecule has 0 unspecified atom stereocenters. The van der Waals surface area contributed by atoms with Crippen LogP contribution in [0.5, 0.6) is 0 Å². The third-order valence-electron chi connectivity index (χ3n) is 3.98. The lowest BCUT2D eigenvalue weighted by atomic mass is 10.1. The summed E-state index contributed by atoms with van der Waals surface area (Å²) in [5, 5.41) is 4.37. The molecule has 0 atom stereocenters. The van der Waals surface area contributed by atoms with E-state index in [0.717, 1.165) is 11.1 Å². The van der Waals surface area contributed by atoms with Crippen LogP contribution < -0.4 is 0 Å². The molecule has 0 aliphatic carbocycles. The van der Waals surface area contributed by atoms with E-state index in [1.807, 2.05) is 31.2 Å². The predicted molar refractivity (Wildman–Crippen MR) is 100 cm³/mol. The molecule has 26 heavy (non-hydrogen) atoms. The van der Waals surface area contributed by atoms with Gasteiger partial charge >= 0.3 is 0 Å². The largest absolute Gasteiger partial charge is 0.338 e. The lowest BCUT2D eigenvalue weighted by Gasteiger charge is -2.15. The highest BCUT2D eigenvalue weighted by Crippen LogP contribution is 2.22. The summed E-state index contributed by atoms with van der Waals surface area (Å²) in [6, 6.07) is 14.5. The molecule has 0 spiro atoms. The van der Waals surface area contributed by atoms with E-state index in [1.54, 1.807) is 24.3 Å². The SMILES string of the molecule is Cc1ccccc1-c1noc(CN(C)S(=O)(=O)Cc2ccccc2Cl)n1. The lowest BCUT2D eigenvalue weighted by Crippen LogP contribution is -2.28. The van der Waals surface area contributed by atoms with Crippen LogP contribution in [0.15, 0.2) is 53.1 Å². The van der Waals surface area contributed by atoms with Gasteiger partial charge in [-0.05, 0) is 24.1 Å². The summed E-state index contributed by atoms with van der Waals surface area (Å²) in [7, 11) is -2.10. The normalized spacial score (nSPS) is 11.8. The molecule has 0 saturated carbocycles. The molecule has 0 radical (unpaired) electrons. The first-order valence-electron chi connectivity index (χ1n) is 7.93. The lowest BCUT2D eigenvalue weighted by molar-refractivity contribution is 0.336. The molecule has 3 aromatic rings. The van der Waals surface area contributed by atoms with Gasteiger partial charge in [0.05, 0.1) is 12.3 Å². The molecule has 1 aromatic heterocycles. The zero-order valence-electron chi connectivity index (χ0n) is 14.4. The standard InChI is InChI=1S/C18H18ClN3O3S/c1-13-7-3-5-9-15(13)18-20-17(25-21-18)11-22(2)26(23,24)12-14-8-4-6-10-16(14)19/h3-10H,11-12H2,1-2H3. The molecule has 0 fully saturated rings. The van der Waals surface area contributed by atoms with Crippen LogP contribution >= 0.6 is 11.6 Å². The van der Waals surface area contributed by atoms with Gasteiger partial charge in [-0.1, -0.05) is 59.2 Å². The van der Waals surface area contributed by atoms with Crippen molar-refractivity contribution in [3.63, 3.8) is 0 Å². The highest BCUT2D eigenvalue weighted by molar-refractivity contribution is 7.88. The molecule has 0 amide bonds. The highest BCUT2D eigenvalue weighted by atomic mass is 35.5. The fraction of sp³-hybridized carbons (Fsp3) is 0.222. The van der Waals surface area contributed by atoms with Crippen LogP contribution in [0.3, 0.4) is 0 Å². The van der Waals surface area contributed by atoms with Gasteiger partial charge in [-0.2, -0.15) is 9.29 Å². The summed E-state index contributed by atoms with van der Waals surface area (Å²) in [5.74, 6) is 0.477. The molecule has 2 aromatic carbocycles. The smallest absolute Gasteiger partial charge is 0.242 e. The minimum atomic E-state index is -3.58. The predicted octanol–water partition coefficient (Wildman–Crippen LogP) is 3.66. The molecule has 3 rings (SSSR count). The number of halogens is 1. The third-order valence-corrected chi connectivity index (χ3v) is 6.11. The van der Waals surface area contributed by atoms with Gasteiger partial charge in [0.15, 0.2) is 0 Å². The van der Waals surface area contributed by atoms with Crippen LogP contribution in [0.4, 0.5) is 0 Å². The summed E-state index contributed by atoms with van der Waals surface area (Å²) in [5.41, 5.74) is 2.41. The van der Waals surface area contributed by atoms with Crippen LogP contribution in [0, 0.1) is 6.92 Å². The second-order valence-electron chi connectivity index (χ2n) is 5.93. The van der Waals surface area contributed by atoms with Gasteiger partial charge in [-0.25, -0.2) is 8.42 Å². The number of nitrogens with zero attached hydrogens (tertiary/aromatic N) is 3. The molecule has 136 valence electrons. The van der Waals surface area contributed by atoms with Crippen molar-refractivity contribution in [3.8, 4) is 11.4 Å². The van der Waals surface area contributed by atoms with Gasteiger partial charge in [-0.15, -0.1) is 0 Å². The van der Waals surface area contributed by atoms with Crippen LogP contribution in [0.25, 0.3) is 11.4 Å². The van der Waals surface area contributed by atoms with E-state index >= 15 is 0 Å². The highest BCUT2D eigenvalue weighted by Gasteiger charge is 2.22. The fourth-order valence-electron chi connectivity index (χ4n) is 2.46. The summed E-state index contributed by atoms with van der Waals surface area (Å²) < 4.78 is 31.5. The second-order valence-corrected chi connectivity index (χ2v) is 8.41. The maximum Gasteiger partial charge on any atom is 0.242 e. The Morgan fingerprint density at radius 3 is 2.54 bits per heavy atom. The summed E-state index contributed by atoms with van der Waals surface area (Å²) in [6.07, 6.45) is 0. The van der Waals surface area contributed by atoms with Gasteiger partial charge in [0.25, 0.3) is 0 Å². The summed E-state index contributed by atoms with van der Waals surface area (Å²) in [6.45, 7) is 1.94. The molecule has 0 aliphatic rings. The Balaban J connectivity index is 1.75. The van der Waals surface area contributed by atoms with Gasteiger partial charge < -0.3 is 4.52 Å². The molecule has 8 heteroatoms. The van der Waals surface area contributed by atoms with Crippen molar-refractivity contribution in [2.75, 3.05) is 7.05 Å². The number of aromatic nitrogens is 2. The third kappa shape index (κ3) is 4.12. The topological polar surface area (TPSA) is 76.3 Å². The quantitative estimate of drug-likeness (QED) is 0.640. The van der Waals surface area contributed by atoms with Crippen LogP contribution in [0.1, 0.15) is 17.0 Å². The monoisotopic (exact) mass is 391 g/mol. The molecule has 0 saturated heterocycles. The average Bonchev–Trinajstić information content (AvgIpc) is 3.05. The van der Waals surface area contributed by atoms with E-state index in [2.05, 4.69) is 10.1 Å². The number of sulfonamides is 1. The first-order chi connectivity index (χ1) is 12.4.